The third kappa shape index (κ3) is 6.89. The lowest BCUT2D eigenvalue weighted by atomic mass is 10.1. The minimum atomic E-state index is -0.444. The molecule has 0 unspecified atom stereocenters. The normalized spacial score (nSPS) is 11.3. The average Bonchev–Trinajstić information content (AvgIpc) is 2.42. The molecule has 124 valence electrons. The van der Waals surface area contributed by atoms with Crippen molar-refractivity contribution in [2.75, 3.05) is 19.6 Å². The number of nitrogens with one attached hydrogen (secondary N) is 1. The first kappa shape index (κ1) is 18.4. The van der Waals surface area contributed by atoms with Crippen molar-refractivity contribution in [1.29, 1.82) is 0 Å². The van der Waals surface area contributed by atoms with E-state index in [1.807, 2.05) is 40.0 Å². The number of aromatic nitrogens is 1. The van der Waals surface area contributed by atoms with E-state index in [2.05, 4.69) is 17.2 Å². The number of amides is 1. The third-order valence-corrected chi connectivity index (χ3v) is 3.28. The van der Waals surface area contributed by atoms with Gasteiger partial charge in [-0.05, 0) is 64.8 Å². The van der Waals surface area contributed by atoms with Crippen molar-refractivity contribution in [3.63, 3.8) is 0 Å². The van der Waals surface area contributed by atoms with E-state index in [0.29, 0.717) is 13.1 Å². The first-order valence-corrected chi connectivity index (χ1v) is 7.91. The van der Waals surface area contributed by atoms with Crippen molar-refractivity contribution in [3.05, 3.63) is 29.6 Å². The lowest BCUT2D eigenvalue weighted by Crippen LogP contribution is -2.38. The number of nitrogens with zero attached hydrogens (tertiary/aromatic N) is 2. The summed E-state index contributed by atoms with van der Waals surface area (Å²) in [5.41, 5.74) is 2.01. The van der Waals surface area contributed by atoms with Crippen molar-refractivity contribution in [1.82, 2.24) is 15.2 Å². The monoisotopic (exact) mass is 307 g/mol. The van der Waals surface area contributed by atoms with Gasteiger partial charge in [-0.3, -0.25) is 4.98 Å². The first-order chi connectivity index (χ1) is 10.3. The summed E-state index contributed by atoms with van der Waals surface area (Å²) in [6.07, 6.45) is 4.35. The van der Waals surface area contributed by atoms with Gasteiger partial charge in [0.25, 0.3) is 0 Å². The minimum absolute atomic E-state index is 0.238. The van der Waals surface area contributed by atoms with E-state index in [1.54, 1.807) is 11.1 Å². The molecule has 0 aromatic carbocycles. The van der Waals surface area contributed by atoms with Crippen LogP contribution in [0, 0.1) is 6.92 Å². The molecule has 0 aliphatic rings. The summed E-state index contributed by atoms with van der Waals surface area (Å²) < 4.78 is 5.39. The summed E-state index contributed by atoms with van der Waals surface area (Å²) in [6, 6.07) is 2.01. The highest BCUT2D eigenvalue weighted by molar-refractivity contribution is 5.68. The van der Waals surface area contributed by atoms with Crippen LogP contribution in [0.3, 0.4) is 0 Å². The molecule has 22 heavy (non-hydrogen) atoms. The van der Waals surface area contributed by atoms with Crippen molar-refractivity contribution in [2.45, 2.75) is 53.2 Å². The van der Waals surface area contributed by atoms with Crippen LogP contribution < -0.4 is 5.32 Å². The zero-order chi connectivity index (χ0) is 16.6. The van der Waals surface area contributed by atoms with Crippen LogP contribution in [-0.2, 0) is 11.3 Å². The Morgan fingerprint density at radius 1 is 1.41 bits per heavy atom. The molecular formula is C17H29N3O2. The fourth-order valence-electron chi connectivity index (χ4n) is 2.00. The van der Waals surface area contributed by atoms with Gasteiger partial charge in [0.1, 0.15) is 5.60 Å². The quantitative estimate of drug-likeness (QED) is 0.786. The summed E-state index contributed by atoms with van der Waals surface area (Å²) in [4.78, 5) is 17.9. The molecule has 1 N–H and O–H groups in total. The highest BCUT2D eigenvalue weighted by Gasteiger charge is 2.20. The smallest absolute Gasteiger partial charge is 0.410 e. The summed E-state index contributed by atoms with van der Waals surface area (Å²) in [7, 11) is 0. The molecule has 1 amide bonds. The number of hydrogen-bond donors (Lipinski definition) is 1. The topological polar surface area (TPSA) is 54.5 Å². The number of ether oxygens (including phenoxy) is 1. The van der Waals surface area contributed by atoms with Crippen LogP contribution in [-0.4, -0.2) is 41.2 Å². The first-order valence-electron chi connectivity index (χ1n) is 7.91. The van der Waals surface area contributed by atoms with E-state index in [4.69, 9.17) is 4.74 Å². The van der Waals surface area contributed by atoms with Crippen LogP contribution in [0.15, 0.2) is 18.5 Å². The molecule has 0 fully saturated rings. The number of hydrogen-bond acceptors (Lipinski definition) is 4. The second kappa shape index (κ2) is 8.73. The maximum absolute atomic E-state index is 12.0. The molecule has 1 heterocycles. The van der Waals surface area contributed by atoms with Gasteiger partial charge in [-0.15, -0.1) is 0 Å². The molecule has 1 aromatic rings. The van der Waals surface area contributed by atoms with Crippen LogP contribution in [0.25, 0.3) is 0 Å². The van der Waals surface area contributed by atoms with E-state index in [1.165, 1.54) is 11.1 Å². The summed E-state index contributed by atoms with van der Waals surface area (Å²) in [5.74, 6) is 0. The number of carbonyl (C=O) groups is 1. The van der Waals surface area contributed by atoms with Gasteiger partial charge in [0, 0.05) is 32.0 Å². The summed E-state index contributed by atoms with van der Waals surface area (Å²) in [6.45, 7) is 12.7. The van der Waals surface area contributed by atoms with Gasteiger partial charge < -0.3 is 15.0 Å². The van der Waals surface area contributed by atoms with Gasteiger partial charge in [0.2, 0.25) is 0 Å². The summed E-state index contributed by atoms with van der Waals surface area (Å²) in [5, 5.41) is 3.39. The Balaban J connectivity index is 2.27. The van der Waals surface area contributed by atoms with Crippen LogP contribution in [0.1, 0.15) is 45.2 Å². The predicted octanol–water partition coefficient (Wildman–Crippen LogP) is 3.13. The highest BCUT2D eigenvalue weighted by atomic mass is 16.6. The molecule has 0 aliphatic carbocycles. The van der Waals surface area contributed by atoms with Gasteiger partial charge in [-0.2, -0.15) is 0 Å². The number of pyridine rings is 1. The van der Waals surface area contributed by atoms with Gasteiger partial charge in [0.05, 0.1) is 0 Å². The standard InChI is InChI=1S/C17H29N3O2/c1-6-20(16(21)22-17(3,4)5)11-7-9-18-12-15-13-19-10-8-14(15)2/h8,10,13,18H,6-7,9,11-12H2,1-5H3. The predicted molar refractivity (Wildman–Crippen MR) is 88.8 cm³/mol. The lowest BCUT2D eigenvalue weighted by Gasteiger charge is -2.26. The molecule has 0 atom stereocenters. The molecule has 1 aromatic heterocycles. The molecule has 0 spiro atoms. The molecular weight excluding hydrogens is 278 g/mol. The van der Waals surface area contributed by atoms with Crippen LogP contribution >= 0.6 is 0 Å². The van der Waals surface area contributed by atoms with Crippen LogP contribution in [0.4, 0.5) is 4.79 Å². The average molecular weight is 307 g/mol. The van der Waals surface area contributed by atoms with Gasteiger partial charge in [-0.1, -0.05) is 0 Å². The van der Waals surface area contributed by atoms with Gasteiger partial charge in [0.15, 0.2) is 0 Å². The SMILES string of the molecule is CCN(CCCNCc1cnccc1C)C(=O)OC(C)(C)C. The molecule has 0 aliphatic heterocycles. The zero-order valence-corrected chi connectivity index (χ0v) is 14.5. The largest absolute Gasteiger partial charge is 0.444 e. The molecule has 5 heteroatoms. The Morgan fingerprint density at radius 2 is 2.14 bits per heavy atom. The molecule has 0 saturated carbocycles. The molecule has 1 rings (SSSR count). The Hall–Kier alpha value is -1.62. The van der Waals surface area contributed by atoms with Crippen molar-refractivity contribution in [2.24, 2.45) is 0 Å². The maximum Gasteiger partial charge on any atom is 0.410 e. The van der Waals surface area contributed by atoms with Gasteiger partial charge in [-0.25, -0.2) is 4.79 Å². The van der Waals surface area contributed by atoms with Crippen molar-refractivity contribution >= 4 is 6.09 Å². The molecule has 0 radical (unpaired) electrons. The third-order valence-electron chi connectivity index (χ3n) is 3.28. The highest BCUT2D eigenvalue weighted by Crippen LogP contribution is 2.10. The molecule has 0 bridgehead atoms. The van der Waals surface area contributed by atoms with Gasteiger partial charge >= 0.3 is 6.09 Å². The Morgan fingerprint density at radius 3 is 2.73 bits per heavy atom. The van der Waals surface area contributed by atoms with E-state index in [-0.39, 0.29) is 6.09 Å². The zero-order valence-electron chi connectivity index (χ0n) is 14.5. The van der Waals surface area contributed by atoms with Crippen molar-refractivity contribution in [3.8, 4) is 0 Å². The fraction of sp³-hybridized carbons (Fsp3) is 0.647. The Bertz CT molecular complexity index is 469. The van der Waals surface area contributed by atoms with E-state index < -0.39 is 5.60 Å². The lowest BCUT2D eigenvalue weighted by molar-refractivity contribution is 0.0258. The summed E-state index contributed by atoms with van der Waals surface area (Å²) >= 11 is 0. The van der Waals surface area contributed by atoms with Crippen LogP contribution in [0.5, 0.6) is 0 Å². The number of rotatable bonds is 7. The van der Waals surface area contributed by atoms with E-state index in [0.717, 1.165) is 19.5 Å². The maximum atomic E-state index is 12.0. The Labute approximate surface area is 134 Å². The fourth-order valence-corrected chi connectivity index (χ4v) is 2.00. The van der Waals surface area contributed by atoms with Crippen LogP contribution in [0.2, 0.25) is 0 Å². The molecule has 0 saturated heterocycles. The number of aryl methyl sites for hydroxylation is 1. The number of carbonyl (C=O) groups excluding carboxylic acids is 1. The Kier molecular flexibility index (Phi) is 7.32. The molecule has 5 nitrogen and oxygen atoms in total. The van der Waals surface area contributed by atoms with Crippen molar-refractivity contribution < 1.29 is 9.53 Å². The minimum Gasteiger partial charge on any atom is -0.444 e. The van der Waals surface area contributed by atoms with E-state index in [9.17, 15) is 4.79 Å². The second-order valence-electron chi connectivity index (χ2n) is 6.39. The van der Waals surface area contributed by atoms with E-state index >= 15 is 0 Å². The second-order valence-corrected chi connectivity index (χ2v) is 6.39.